The van der Waals surface area contributed by atoms with Crippen molar-refractivity contribution >= 4 is 0 Å². The van der Waals surface area contributed by atoms with Crippen LogP contribution in [0.1, 0.15) is 77.6 Å². The zero-order valence-corrected chi connectivity index (χ0v) is 11.8. The molecule has 0 aliphatic heterocycles. The van der Waals surface area contributed by atoms with Gasteiger partial charge in [0.05, 0.1) is 0 Å². The summed E-state index contributed by atoms with van der Waals surface area (Å²) in [6, 6.07) is 0. The van der Waals surface area contributed by atoms with Gasteiger partial charge in [0, 0.05) is 0 Å². The van der Waals surface area contributed by atoms with Gasteiger partial charge in [0.2, 0.25) is 0 Å². The van der Waals surface area contributed by atoms with Crippen molar-refractivity contribution in [2.24, 2.45) is 0 Å². The molecule has 0 fully saturated rings. The van der Waals surface area contributed by atoms with E-state index in [2.05, 4.69) is 32.1 Å². The highest BCUT2D eigenvalue weighted by molar-refractivity contribution is 4.83. The van der Waals surface area contributed by atoms with Gasteiger partial charge in [-0.3, -0.25) is 0 Å². The summed E-state index contributed by atoms with van der Waals surface area (Å²) in [7, 11) is 0. The highest BCUT2D eigenvalue weighted by atomic mass is 13.9. The Kier molecular flexibility index (Phi) is 15.0. The average Bonchev–Trinajstić information content (AvgIpc) is 2.35. The summed E-state index contributed by atoms with van der Waals surface area (Å²) in [6.07, 6.45) is 23.5. The molecule has 0 unspecified atom stereocenters. The maximum atomic E-state index is 3.69. The Morgan fingerprint density at radius 2 is 1.12 bits per heavy atom. The van der Waals surface area contributed by atoms with Crippen LogP contribution in [-0.2, 0) is 0 Å². The third-order valence-corrected chi connectivity index (χ3v) is 3.05. The second kappa shape index (κ2) is 15.5. The molecular formula is C17H31. The van der Waals surface area contributed by atoms with Crippen molar-refractivity contribution in [1.82, 2.24) is 0 Å². The molecule has 1 radical (unpaired) electrons. The minimum Gasteiger partial charge on any atom is -0.0885 e. The monoisotopic (exact) mass is 235 g/mol. The zero-order chi connectivity index (χ0) is 12.6. The maximum Gasteiger partial charge on any atom is -0.0316 e. The molecule has 0 aliphatic carbocycles. The molecule has 99 valence electrons. The van der Waals surface area contributed by atoms with E-state index in [4.69, 9.17) is 0 Å². The van der Waals surface area contributed by atoms with Crippen LogP contribution in [0.3, 0.4) is 0 Å². The lowest BCUT2D eigenvalue weighted by Gasteiger charge is -1.97. The van der Waals surface area contributed by atoms with Crippen molar-refractivity contribution < 1.29 is 0 Å². The van der Waals surface area contributed by atoms with Crippen molar-refractivity contribution in [2.75, 3.05) is 0 Å². The summed E-state index contributed by atoms with van der Waals surface area (Å²) in [5, 5.41) is 0. The molecule has 0 heteroatoms. The van der Waals surface area contributed by atoms with E-state index in [0.717, 1.165) is 0 Å². The predicted molar refractivity (Wildman–Crippen MR) is 80.1 cm³/mol. The molecule has 0 aromatic heterocycles. The van der Waals surface area contributed by atoms with Crippen LogP contribution < -0.4 is 0 Å². The van der Waals surface area contributed by atoms with Crippen LogP contribution in [-0.4, -0.2) is 0 Å². The first-order valence-electron chi connectivity index (χ1n) is 7.51. The van der Waals surface area contributed by atoms with Gasteiger partial charge < -0.3 is 0 Å². The smallest absolute Gasteiger partial charge is 0.0316 e. The minimum absolute atomic E-state index is 1.21. The SMILES string of the molecule is [CH2]C=CCCCCCCC=CCCCCCC. The van der Waals surface area contributed by atoms with Crippen LogP contribution >= 0.6 is 0 Å². The van der Waals surface area contributed by atoms with Gasteiger partial charge >= 0.3 is 0 Å². The Hall–Kier alpha value is -0.520. The third kappa shape index (κ3) is 15.5. The second-order valence-corrected chi connectivity index (χ2v) is 4.78. The van der Waals surface area contributed by atoms with Crippen LogP contribution in [0, 0.1) is 6.92 Å². The van der Waals surface area contributed by atoms with E-state index in [1.165, 1.54) is 70.6 Å². The molecule has 0 saturated carbocycles. The van der Waals surface area contributed by atoms with E-state index in [1.54, 1.807) is 0 Å². The largest absolute Gasteiger partial charge is 0.0885 e. The highest BCUT2D eigenvalue weighted by Gasteiger charge is 1.88. The average molecular weight is 235 g/mol. The van der Waals surface area contributed by atoms with Crippen LogP contribution in [0.25, 0.3) is 0 Å². The fourth-order valence-corrected chi connectivity index (χ4v) is 1.92. The molecule has 0 bridgehead atoms. The first-order valence-corrected chi connectivity index (χ1v) is 7.51. The fourth-order valence-electron chi connectivity index (χ4n) is 1.92. The topological polar surface area (TPSA) is 0 Å². The highest BCUT2D eigenvalue weighted by Crippen LogP contribution is 2.07. The van der Waals surface area contributed by atoms with Gasteiger partial charge in [-0.25, -0.2) is 0 Å². The molecule has 0 spiro atoms. The number of hydrogen-bond donors (Lipinski definition) is 0. The molecule has 0 rings (SSSR count). The Labute approximate surface area is 109 Å². The number of hydrogen-bond acceptors (Lipinski definition) is 0. The van der Waals surface area contributed by atoms with Gasteiger partial charge in [-0.1, -0.05) is 63.3 Å². The van der Waals surface area contributed by atoms with Gasteiger partial charge in [-0.05, 0) is 45.4 Å². The first kappa shape index (κ1) is 16.5. The molecule has 17 heavy (non-hydrogen) atoms. The van der Waals surface area contributed by atoms with Crippen LogP contribution in [0.15, 0.2) is 24.3 Å². The lowest BCUT2D eigenvalue weighted by Crippen LogP contribution is -1.77. The minimum atomic E-state index is 1.21. The molecule has 0 aliphatic rings. The standard InChI is InChI=1S/C17H31/c1-3-5-7-9-11-13-15-17-16-14-12-10-8-6-4-2/h3,5,14,16H,1,4,6-13,15,17H2,2H3. The molecule has 0 amide bonds. The quantitative estimate of drug-likeness (QED) is 0.277. The van der Waals surface area contributed by atoms with E-state index in [9.17, 15) is 0 Å². The molecule has 0 saturated heterocycles. The van der Waals surface area contributed by atoms with E-state index in [1.807, 2.05) is 6.08 Å². The first-order chi connectivity index (χ1) is 8.41. The fraction of sp³-hybridized carbons (Fsp3) is 0.706. The molecule has 0 aromatic carbocycles. The third-order valence-electron chi connectivity index (χ3n) is 3.05. The number of unbranched alkanes of at least 4 members (excludes halogenated alkanes) is 9. The Morgan fingerprint density at radius 3 is 1.59 bits per heavy atom. The van der Waals surface area contributed by atoms with Crippen LogP contribution in [0.2, 0.25) is 0 Å². The van der Waals surface area contributed by atoms with Crippen LogP contribution in [0.4, 0.5) is 0 Å². The Balaban J connectivity index is 3.03. The van der Waals surface area contributed by atoms with Gasteiger partial charge in [0.15, 0.2) is 0 Å². The molecule has 0 N–H and O–H groups in total. The van der Waals surface area contributed by atoms with Crippen molar-refractivity contribution in [1.29, 1.82) is 0 Å². The summed E-state index contributed by atoms with van der Waals surface area (Å²) >= 11 is 0. The van der Waals surface area contributed by atoms with E-state index in [-0.39, 0.29) is 0 Å². The summed E-state index contributed by atoms with van der Waals surface area (Å²) in [5.41, 5.74) is 0. The summed E-state index contributed by atoms with van der Waals surface area (Å²) in [6.45, 7) is 5.96. The molecule has 0 aromatic rings. The Bertz CT molecular complexity index is 176. The lowest BCUT2D eigenvalue weighted by atomic mass is 10.1. The van der Waals surface area contributed by atoms with Crippen molar-refractivity contribution in [3.8, 4) is 0 Å². The van der Waals surface area contributed by atoms with Gasteiger partial charge in [-0.2, -0.15) is 0 Å². The van der Waals surface area contributed by atoms with Gasteiger partial charge in [0.1, 0.15) is 0 Å². The van der Waals surface area contributed by atoms with E-state index in [0.29, 0.717) is 0 Å². The van der Waals surface area contributed by atoms with Crippen molar-refractivity contribution in [3.63, 3.8) is 0 Å². The zero-order valence-electron chi connectivity index (χ0n) is 11.8. The molecular weight excluding hydrogens is 204 g/mol. The van der Waals surface area contributed by atoms with E-state index < -0.39 is 0 Å². The summed E-state index contributed by atoms with van der Waals surface area (Å²) in [5.74, 6) is 0. The normalized spacial score (nSPS) is 11.9. The Morgan fingerprint density at radius 1 is 0.647 bits per heavy atom. The maximum absolute atomic E-state index is 3.69. The molecule has 0 nitrogen and oxygen atoms in total. The van der Waals surface area contributed by atoms with Crippen molar-refractivity contribution in [2.45, 2.75) is 77.6 Å². The van der Waals surface area contributed by atoms with Crippen molar-refractivity contribution in [3.05, 3.63) is 31.2 Å². The van der Waals surface area contributed by atoms with Gasteiger partial charge in [-0.15, -0.1) is 0 Å². The van der Waals surface area contributed by atoms with E-state index >= 15 is 0 Å². The molecule has 0 atom stereocenters. The summed E-state index contributed by atoms with van der Waals surface area (Å²) < 4.78 is 0. The predicted octanol–water partition coefficient (Wildman–Crippen LogP) is 6.24. The van der Waals surface area contributed by atoms with Gasteiger partial charge in [0.25, 0.3) is 0 Å². The number of rotatable bonds is 12. The summed E-state index contributed by atoms with van der Waals surface area (Å²) in [4.78, 5) is 0. The molecule has 0 heterocycles. The second-order valence-electron chi connectivity index (χ2n) is 4.78. The number of allylic oxidation sites excluding steroid dienone is 4. The lowest BCUT2D eigenvalue weighted by molar-refractivity contribution is 0.649. The van der Waals surface area contributed by atoms with Crippen LogP contribution in [0.5, 0.6) is 0 Å².